The van der Waals surface area contributed by atoms with E-state index in [0.717, 1.165) is 18.6 Å². The summed E-state index contributed by atoms with van der Waals surface area (Å²) in [6, 6.07) is 11.4. The van der Waals surface area contributed by atoms with Crippen molar-refractivity contribution in [2.45, 2.75) is 78.1 Å². The van der Waals surface area contributed by atoms with E-state index in [9.17, 15) is 9.90 Å². The van der Waals surface area contributed by atoms with E-state index in [0.29, 0.717) is 30.8 Å². The number of hydrazone groups is 1. The van der Waals surface area contributed by atoms with E-state index in [-0.39, 0.29) is 22.5 Å². The summed E-state index contributed by atoms with van der Waals surface area (Å²) in [4.78, 5) is 12.1. The fourth-order valence-corrected chi connectivity index (χ4v) is 3.44. The van der Waals surface area contributed by atoms with Crippen LogP contribution in [0.5, 0.6) is 17.2 Å². The number of hydrogen-bond acceptors (Lipinski definition) is 5. The number of aromatic hydroxyl groups is 1. The van der Waals surface area contributed by atoms with Crippen LogP contribution in [0.25, 0.3) is 0 Å². The van der Waals surface area contributed by atoms with Crippen LogP contribution in [0, 0.1) is 0 Å². The Kier molecular flexibility index (Phi) is 9.54. The lowest BCUT2D eigenvalue weighted by Gasteiger charge is -2.30. The molecule has 2 aromatic rings. The van der Waals surface area contributed by atoms with Crippen LogP contribution in [-0.2, 0) is 15.6 Å². The molecule has 0 saturated carbocycles. The lowest BCUT2D eigenvalue weighted by atomic mass is 9.76. The van der Waals surface area contributed by atoms with Crippen molar-refractivity contribution in [3.63, 3.8) is 0 Å². The van der Waals surface area contributed by atoms with Crippen LogP contribution < -0.4 is 14.9 Å². The van der Waals surface area contributed by atoms with Crippen LogP contribution >= 0.6 is 0 Å². The van der Waals surface area contributed by atoms with Crippen LogP contribution in [0.2, 0.25) is 0 Å². The molecule has 0 aliphatic carbocycles. The lowest BCUT2D eigenvalue weighted by Crippen LogP contribution is -2.21. The first-order valence-corrected chi connectivity index (χ1v) is 12.0. The highest BCUT2D eigenvalue weighted by Gasteiger charge is 2.26. The number of phenols is 1. The normalized spacial score (nSPS) is 12.1. The van der Waals surface area contributed by atoms with Crippen LogP contribution in [0.3, 0.4) is 0 Å². The predicted molar refractivity (Wildman–Crippen MR) is 138 cm³/mol. The standard InChI is InChI=1S/C28H40N2O4/c1-8-27(3,4)21-13-15-24(22(18-21)28(5,6)9-2)34-16-10-11-26(32)30-29-19-20-12-14-25(33-7)23(31)17-20/h12-15,17-19,31H,8-11,16H2,1-7H3,(H,30,32). The van der Waals surface area contributed by atoms with Crippen LogP contribution in [-0.4, -0.2) is 30.9 Å². The summed E-state index contributed by atoms with van der Waals surface area (Å²) in [5.74, 6) is 1.11. The molecule has 0 aliphatic rings. The molecule has 0 spiro atoms. The summed E-state index contributed by atoms with van der Waals surface area (Å²) in [5.41, 5.74) is 5.81. The maximum Gasteiger partial charge on any atom is 0.240 e. The summed E-state index contributed by atoms with van der Waals surface area (Å²) >= 11 is 0. The van der Waals surface area contributed by atoms with E-state index in [2.05, 4.69) is 70.3 Å². The number of carbonyl (C=O) groups excluding carboxylic acids is 1. The summed E-state index contributed by atoms with van der Waals surface area (Å²) in [5, 5.41) is 13.8. The Morgan fingerprint density at radius 1 is 1.03 bits per heavy atom. The second-order valence-corrected chi connectivity index (χ2v) is 9.86. The molecule has 0 heterocycles. The van der Waals surface area contributed by atoms with Crippen molar-refractivity contribution in [3.8, 4) is 17.2 Å². The van der Waals surface area contributed by atoms with Crippen molar-refractivity contribution in [1.82, 2.24) is 5.43 Å². The maximum absolute atomic E-state index is 12.1. The van der Waals surface area contributed by atoms with Gasteiger partial charge in [-0.05, 0) is 65.5 Å². The molecule has 2 aromatic carbocycles. The highest BCUT2D eigenvalue weighted by atomic mass is 16.5. The third kappa shape index (κ3) is 7.24. The number of methoxy groups -OCH3 is 1. The molecule has 0 saturated heterocycles. The number of benzene rings is 2. The topological polar surface area (TPSA) is 80.2 Å². The molecule has 0 bridgehead atoms. The van der Waals surface area contributed by atoms with Crippen molar-refractivity contribution in [3.05, 3.63) is 53.1 Å². The molecular formula is C28H40N2O4. The summed E-state index contributed by atoms with van der Waals surface area (Å²) in [6.07, 6.45) is 4.44. The molecule has 2 N–H and O–H groups in total. The summed E-state index contributed by atoms with van der Waals surface area (Å²) < 4.78 is 11.1. The van der Waals surface area contributed by atoms with Gasteiger partial charge in [-0.25, -0.2) is 5.43 Å². The van der Waals surface area contributed by atoms with Gasteiger partial charge in [-0.2, -0.15) is 5.10 Å². The first-order valence-electron chi connectivity index (χ1n) is 12.0. The van der Waals surface area contributed by atoms with Gasteiger partial charge in [0, 0.05) is 12.0 Å². The lowest BCUT2D eigenvalue weighted by molar-refractivity contribution is -0.121. The van der Waals surface area contributed by atoms with Crippen molar-refractivity contribution in [1.29, 1.82) is 0 Å². The molecule has 34 heavy (non-hydrogen) atoms. The number of nitrogens with zero attached hydrogens (tertiary/aromatic N) is 1. The molecule has 0 atom stereocenters. The highest BCUT2D eigenvalue weighted by molar-refractivity contribution is 5.83. The van der Waals surface area contributed by atoms with Crippen molar-refractivity contribution in [2.75, 3.05) is 13.7 Å². The molecule has 6 nitrogen and oxygen atoms in total. The number of nitrogens with one attached hydrogen (secondary N) is 1. The Bertz CT molecular complexity index is 996. The quantitative estimate of drug-likeness (QED) is 0.225. The van der Waals surface area contributed by atoms with Gasteiger partial charge in [0.1, 0.15) is 5.75 Å². The van der Waals surface area contributed by atoms with E-state index >= 15 is 0 Å². The monoisotopic (exact) mass is 468 g/mol. The Morgan fingerprint density at radius 3 is 2.32 bits per heavy atom. The van der Waals surface area contributed by atoms with Gasteiger partial charge in [0.05, 0.1) is 19.9 Å². The Hall–Kier alpha value is -3.02. The third-order valence-corrected chi connectivity index (χ3v) is 6.67. The smallest absolute Gasteiger partial charge is 0.240 e. The van der Waals surface area contributed by atoms with Gasteiger partial charge in [-0.1, -0.05) is 53.7 Å². The van der Waals surface area contributed by atoms with Gasteiger partial charge >= 0.3 is 0 Å². The van der Waals surface area contributed by atoms with E-state index < -0.39 is 0 Å². The third-order valence-electron chi connectivity index (χ3n) is 6.67. The van der Waals surface area contributed by atoms with Gasteiger partial charge in [0.2, 0.25) is 5.91 Å². The first-order chi connectivity index (χ1) is 16.0. The number of rotatable bonds is 12. The number of ether oxygens (including phenoxy) is 2. The zero-order chi connectivity index (χ0) is 25.4. The fourth-order valence-electron chi connectivity index (χ4n) is 3.44. The molecule has 2 rings (SSSR count). The zero-order valence-corrected chi connectivity index (χ0v) is 21.7. The zero-order valence-electron chi connectivity index (χ0n) is 21.7. The molecule has 6 heteroatoms. The largest absolute Gasteiger partial charge is 0.504 e. The molecule has 186 valence electrons. The predicted octanol–water partition coefficient (Wildman–Crippen LogP) is 6.09. The fraction of sp³-hybridized carbons (Fsp3) is 0.500. The Morgan fingerprint density at radius 2 is 1.71 bits per heavy atom. The minimum absolute atomic E-state index is 0.00283. The molecule has 0 radical (unpaired) electrons. The number of amides is 1. The van der Waals surface area contributed by atoms with Crippen molar-refractivity contribution < 1.29 is 19.4 Å². The first kappa shape index (κ1) is 27.2. The molecule has 0 aliphatic heterocycles. The van der Waals surface area contributed by atoms with E-state index in [4.69, 9.17) is 9.47 Å². The SMILES string of the molecule is CCC(C)(C)c1ccc(OCCCC(=O)NN=Cc2ccc(OC)c(O)c2)c(C(C)(C)CC)c1. The van der Waals surface area contributed by atoms with Crippen LogP contribution in [0.1, 0.15) is 83.9 Å². The second kappa shape index (κ2) is 11.9. The Labute approximate surface area is 204 Å². The van der Waals surface area contributed by atoms with E-state index in [1.165, 1.54) is 30.5 Å². The number of hydrogen-bond donors (Lipinski definition) is 2. The minimum Gasteiger partial charge on any atom is -0.504 e. The average Bonchev–Trinajstić information content (AvgIpc) is 2.81. The molecule has 1 amide bonds. The molecule has 0 unspecified atom stereocenters. The number of phenolic OH excluding ortho intramolecular Hbond substituents is 1. The van der Waals surface area contributed by atoms with Gasteiger partial charge in [0.25, 0.3) is 0 Å². The molecular weight excluding hydrogens is 428 g/mol. The summed E-state index contributed by atoms with van der Waals surface area (Å²) in [6.45, 7) is 13.9. The van der Waals surface area contributed by atoms with Gasteiger partial charge in [-0.15, -0.1) is 0 Å². The van der Waals surface area contributed by atoms with Gasteiger partial charge in [-0.3, -0.25) is 4.79 Å². The Balaban J connectivity index is 1.92. The number of carbonyl (C=O) groups is 1. The molecule has 0 aromatic heterocycles. The van der Waals surface area contributed by atoms with E-state index in [1.807, 2.05) is 0 Å². The van der Waals surface area contributed by atoms with Crippen molar-refractivity contribution >= 4 is 12.1 Å². The average molecular weight is 469 g/mol. The van der Waals surface area contributed by atoms with Crippen LogP contribution in [0.15, 0.2) is 41.5 Å². The highest BCUT2D eigenvalue weighted by Crippen LogP contribution is 2.38. The van der Waals surface area contributed by atoms with Gasteiger partial charge < -0.3 is 14.6 Å². The minimum atomic E-state index is -0.188. The van der Waals surface area contributed by atoms with Crippen molar-refractivity contribution in [2.24, 2.45) is 5.10 Å². The van der Waals surface area contributed by atoms with Gasteiger partial charge in [0.15, 0.2) is 11.5 Å². The molecule has 0 fully saturated rings. The summed E-state index contributed by atoms with van der Waals surface area (Å²) in [7, 11) is 1.49. The van der Waals surface area contributed by atoms with E-state index in [1.54, 1.807) is 12.1 Å². The second-order valence-electron chi connectivity index (χ2n) is 9.86. The maximum atomic E-state index is 12.1. The van der Waals surface area contributed by atoms with Crippen LogP contribution in [0.4, 0.5) is 0 Å².